The van der Waals surface area contributed by atoms with Gasteiger partial charge in [0.15, 0.2) is 11.2 Å². The summed E-state index contributed by atoms with van der Waals surface area (Å²) < 4.78 is 3.01. The summed E-state index contributed by atoms with van der Waals surface area (Å²) in [6.07, 6.45) is 2.33. The molecule has 0 saturated carbocycles. The molecule has 0 radical (unpaired) electrons. The minimum atomic E-state index is -0.345. The maximum atomic E-state index is 12.6. The molecule has 7 heteroatoms. The Morgan fingerprint density at radius 1 is 1.12 bits per heavy atom. The van der Waals surface area contributed by atoms with Gasteiger partial charge in [-0.15, -0.1) is 10.2 Å². The highest BCUT2D eigenvalue weighted by Crippen LogP contribution is 2.28. The van der Waals surface area contributed by atoms with Crippen molar-refractivity contribution in [1.82, 2.24) is 24.4 Å². The zero-order valence-electron chi connectivity index (χ0n) is 14.5. The molecule has 0 unspecified atom stereocenters. The monoisotopic (exact) mass is 347 g/mol. The Bertz CT molecular complexity index is 1190. The van der Waals surface area contributed by atoms with Crippen molar-refractivity contribution in [3.8, 4) is 11.1 Å². The third kappa shape index (κ3) is 2.48. The van der Waals surface area contributed by atoms with Gasteiger partial charge >= 0.3 is 0 Å². The Morgan fingerprint density at radius 2 is 1.88 bits per heavy atom. The molecule has 0 spiro atoms. The van der Waals surface area contributed by atoms with Gasteiger partial charge in [0, 0.05) is 6.20 Å². The molecule has 1 aromatic carbocycles. The predicted molar refractivity (Wildman–Crippen MR) is 98.0 cm³/mol. The zero-order valence-corrected chi connectivity index (χ0v) is 14.5. The van der Waals surface area contributed by atoms with Crippen molar-refractivity contribution in [3.05, 3.63) is 58.6 Å². The minimum Gasteiger partial charge on any atom is -0.306 e. The number of ketones is 1. The van der Waals surface area contributed by atoms with Gasteiger partial charge in [0.2, 0.25) is 0 Å². The largest absolute Gasteiger partial charge is 0.306 e. The Hall–Kier alpha value is -3.35. The SMILES string of the molecule is CCc1nn2c(nnc3c(=O)n(CC(C)=O)ccc32)c1-c1ccccc1. The second kappa shape index (κ2) is 6.18. The van der Waals surface area contributed by atoms with Crippen LogP contribution in [0.25, 0.3) is 27.8 Å². The minimum absolute atomic E-state index is 0.0169. The number of benzene rings is 1. The van der Waals surface area contributed by atoms with E-state index in [9.17, 15) is 9.59 Å². The molecule has 0 fully saturated rings. The number of carbonyl (C=O) groups excluding carboxylic acids is 1. The number of nitrogens with zero attached hydrogens (tertiary/aromatic N) is 5. The van der Waals surface area contributed by atoms with Crippen LogP contribution < -0.4 is 5.56 Å². The van der Waals surface area contributed by atoms with Crippen LogP contribution in [0, 0.1) is 0 Å². The predicted octanol–water partition coefficient (Wildman–Crippen LogP) is 2.26. The van der Waals surface area contributed by atoms with Crippen LogP contribution in [-0.2, 0) is 17.8 Å². The van der Waals surface area contributed by atoms with Crippen LogP contribution in [0.4, 0.5) is 0 Å². The molecular weight excluding hydrogens is 330 g/mol. The summed E-state index contributed by atoms with van der Waals surface area (Å²) in [6, 6.07) is 11.7. The Balaban J connectivity index is 2.03. The molecule has 3 heterocycles. The summed E-state index contributed by atoms with van der Waals surface area (Å²) in [6.45, 7) is 3.49. The molecule has 26 heavy (non-hydrogen) atoms. The molecular formula is C19H17N5O2. The van der Waals surface area contributed by atoms with E-state index in [4.69, 9.17) is 0 Å². The van der Waals surface area contributed by atoms with Gasteiger partial charge in [-0.2, -0.15) is 5.10 Å². The van der Waals surface area contributed by atoms with Crippen molar-refractivity contribution in [2.45, 2.75) is 26.8 Å². The van der Waals surface area contributed by atoms with Crippen LogP contribution in [0.5, 0.6) is 0 Å². The first-order chi connectivity index (χ1) is 12.6. The van der Waals surface area contributed by atoms with E-state index < -0.39 is 0 Å². The molecule has 0 saturated heterocycles. The van der Waals surface area contributed by atoms with E-state index >= 15 is 0 Å². The van der Waals surface area contributed by atoms with Crippen LogP contribution >= 0.6 is 0 Å². The van der Waals surface area contributed by atoms with Crippen molar-refractivity contribution in [2.75, 3.05) is 0 Å². The maximum Gasteiger partial charge on any atom is 0.280 e. The number of rotatable bonds is 4. The van der Waals surface area contributed by atoms with Crippen molar-refractivity contribution in [3.63, 3.8) is 0 Å². The number of hydrogen-bond acceptors (Lipinski definition) is 5. The normalized spacial score (nSPS) is 11.3. The molecule has 0 amide bonds. The second-order valence-corrected chi connectivity index (χ2v) is 6.16. The first kappa shape index (κ1) is 16.1. The molecule has 0 N–H and O–H groups in total. The van der Waals surface area contributed by atoms with Crippen LogP contribution in [0.15, 0.2) is 47.4 Å². The molecule has 4 rings (SSSR count). The Labute approximate surface area is 148 Å². The standard InChI is InChI=1S/C19H17N5O2/c1-3-14-16(13-7-5-4-6-8-13)18-21-20-17-15(24(18)22-14)9-10-23(19(17)26)11-12(2)25/h4-10H,3,11H2,1-2H3. The number of aryl methyl sites for hydroxylation is 1. The number of pyridine rings is 1. The summed E-state index contributed by atoms with van der Waals surface area (Å²) in [5.74, 6) is -0.0980. The molecule has 0 atom stereocenters. The lowest BCUT2D eigenvalue weighted by molar-refractivity contribution is -0.117. The number of fused-ring (bicyclic) bond motifs is 3. The van der Waals surface area contributed by atoms with Crippen LogP contribution in [0.2, 0.25) is 0 Å². The summed E-state index contributed by atoms with van der Waals surface area (Å²) >= 11 is 0. The van der Waals surface area contributed by atoms with Gasteiger partial charge in [0.25, 0.3) is 5.56 Å². The van der Waals surface area contributed by atoms with Crippen molar-refractivity contribution in [2.24, 2.45) is 0 Å². The number of hydrogen-bond donors (Lipinski definition) is 0. The van der Waals surface area contributed by atoms with E-state index in [1.807, 2.05) is 37.3 Å². The highest BCUT2D eigenvalue weighted by Gasteiger charge is 2.18. The third-order valence-electron chi connectivity index (χ3n) is 4.32. The summed E-state index contributed by atoms with van der Waals surface area (Å²) in [5.41, 5.74) is 3.88. The van der Waals surface area contributed by atoms with Gasteiger partial charge in [-0.25, -0.2) is 4.52 Å². The molecule has 7 nitrogen and oxygen atoms in total. The van der Waals surface area contributed by atoms with E-state index in [0.29, 0.717) is 11.2 Å². The fourth-order valence-corrected chi connectivity index (χ4v) is 3.14. The topological polar surface area (TPSA) is 82.2 Å². The van der Waals surface area contributed by atoms with E-state index in [1.54, 1.807) is 16.8 Å². The van der Waals surface area contributed by atoms with Crippen LogP contribution in [0.3, 0.4) is 0 Å². The third-order valence-corrected chi connectivity index (χ3v) is 4.32. The van der Waals surface area contributed by atoms with Gasteiger partial charge < -0.3 is 4.57 Å². The van der Waals surface area contributed by atoms with Gasteiger partial charge in [-0.3, -0.25) is 9.59 Å². The quantitative estimate of drug-likeness (QED) is 0.565. The molecule has 0 aliphatic carbocycles. The molecule has 0 aliphatic rings. The van der Waals surface area contributed by atoms with E-state index in [-0.39, 0.29) is 23.4 Å². The second-order valence-electron chi connectivity index (χ2n) is 6.16. The average molecular weight is 347 g/mol. The summed E-state index contributed by atoms with van der Waals surface area (Å²) in [7, 11) is 0. The summed E-state index contributed by atoms with van der Waals surface area (Å²) in [5, 5.41) is 13.1. The fourth-order valence-electron chi connectivity index (χ4n) is 3.14. The van der Waals surface area contributed by atoms with Crippen LogP contribution in [0.1, 0.15) is 19.5 Å². The Morgan fingerprint density at radius 3 is 2.58 bits per heavy atom. The van der Waals surface area contributed by atoms with Crippen molar-refractivity contribution >= 4 is 22.5 Å². The lowest BCUT2D eigenvalue weighted by Gasteiger charge is -2.05. The van der Waals surface area contributed by atoms with Gasteiger partial charge in [-0.05, 0) is 25.0 Å². The van der Waals surface area contributed by atoms with Gasteiger partial charge in [-0.1, -0.05) is 37.3 Å². The molecule has 3 aromatic heterocycles. The number of carbonyl (C=O) groups is 1. The number of aromatic nitrogens is 5. The Kier molecular flexibility index (Phi) is 3.84. The molecule has 0 bridgehead atoms. The fraction of sp³-hybridized carbons (Fsp3) is 0.211. The highest BCUT2D eigenvalue weighted by atomic mass is 16.1. The zero-order chi connectivity index (χ0) is 18.3. The van der Waals surface area contributed by atoms with Gasteiger partial charge in [0.1, 0.15) is 11.3 Å². The van der Waals surface area contributed by atoms with E-state index in [1.165, 1.54) is 11.5 Å². The van der Waals surface area contributed by atoms with Crippen molar-refractivity contribution in [1.29, 1.82) is 0 Å². The lowest BCUT2D eigenvalue weighted by Crippen LogP contribution is -2.24. The highest BCUT2D eigenvalue weighted by molar-refractivity contribution is 5.84. The average Bonchev–Trinajstić information content (AvgIpc) is 3.03. The van der Waals surface area contributed by atoms with E-state index in [2.05, 4.69) is 15.3 Å². The number of Topliss-reactive ketones (excluding diaryl/α,β-unsaturated/α-hetero) is 1. The van der Waals surface area contributed by atoms with E-state index in [0.717, 1.165) is 23.2 Å². The first-order valence-corrected chi connectivity index (χ1v) is 8.42. The van der Waals surface area contributed by atoms with Gasteiger partial charge in [0.05, 0.1) is 17.8 Å². The van der Waals surface area contributed by atoms with Crippen LogP contribution in [-0.4, -0.2) is 30.2 Å². The molecule has 0 aliphatic heterocycles. The first-order valence-electron chi connectivity index (χ1n) is 8.42. The smallest absolute Gasteiger partial charge is 0.280 e. The lowest BCUT2D eigenvalue weighted by atomic mass is 10.0. The van der Waals surface area contributed by atoms with Crippen molar-refractivity contribution < 1.29 is 4.79 Å². The molecule has 130 valence electrons. The maximum absolute atomic E-state index is 12.6. The summed E-state index contributed by atoms with van der Waals surface area (Å²) in [4.78, 5) is 24.0. The molecule has 4 aromatic rings.